The van der Waals surface area contributed by atoms with Gasteiger partial charge in [0.1, 0.15) is 11.9 Å². The molecule has 0 saturated carbocycles. The van der Waals surface area contributed by atoms with Gasteiger partial charge in [-0.2, -0.15) is 5.10 Å². The Labute approximate surface area is 159 Å². The van der Waals surface area contributed by atoms with E-state index in [0.717, 1.165) is 30.0 Å². The van der Waals surface area contributed by atoms with Gasteiger partial charge in [-0.05, 0) is 32.5 Å². The summed E-state index contributed by atoms with van der Waals surface area (Å²) in [5.41, 5.74) is 1.80. The molecule has 1 saturated heterocycles. The van der Waals surface area contributed by atoms with E-state index in [1.54, 1.807) is 17.9 Å². The molecule has 0 spiro atoms. The molecule has 8 nitrogen and oxygen atoms in total. The van der Waals surface area contributed by atoms with Crippen molar-refractivity contribution < 1.29 is 9.53 Å². The lowest BCUT2D eigenvalue weighted by molar-refractivity contribution is -0.123. The Morgan fingerprint density at radius 1 is 1.30 bits per heavy atom. The van der Waals surface area contributed by atoms with Crippen LogP contribution in [0.5, 0.6) is 0 Å². The summed E-state index contributed by atoms with van der Waals surface area (Å²) in [6.07, 6.45) is 5.74. The molecule has 27 heavy (non-hydrogen) atoms. The van der Waals surface area contributed by atoms with Crippen LogP contribution in [0.1, 0.15) is 31.0 Å². The molecule has 2 aromatic heterocycles. The molecule has 8 heteroatoms. The normalized spacial score (nSPS) is 21.1. The highest BCUT2D eigenvalue weighted by Gasteiger charge is 2.23. The van der Waals surface area contributed by atoms with E-state index in [-0.39, 0.29) is 18.1 Å². The summed E-state index contributed by atoms with van der Waals surface area (Å²) in [5, 5.41) is 10.1. The van der Waals surface area contributed by atoms with Gasteiger partial charge in [0.05, 0.1) is 18.4 Å². The summed E-state index contributed by atoms with van der Waals surface area (Å²) < 4.78 is 7.45. The van der Waals surface area contributed by atoms with E-state index < -0.39 is 6.04 Å². The summed E-state index contributed by atoms with van der Waals surface area (Å²) in [5.74, 6) is 0.848. The number of nitrogens with zero attached hydrogens (tertiary/aromatic N) is 4. The highest BCUT2D eigenvalue weighted by molar-refractivity contribution is 5.83. The average molecular weight is 372 g/mol. The van der Waals surface area contributed by atoms with Gasteiger partial charge in [0.2, 0.25) is 5.91 Å². The average Bonchev–Trinajstić information content (AvgIpc) is 3.06. The van der Waals surface area contributed by atoms with Crippen molar-refractivity contribution in [2.24, 2.45) is 7.05 Å². The number of carbonyl (C=O) groups is 1. The zero-order valence-corrected chi connectivity index (χ0v) is 16.3. The minimum absolute atomic E-state index is 0.0922. The predicted molar refractivity (Wildman–Crippen MR) is 103 cm³/mol. The van der Waals surface area contributed by atoms with Gasteiger partial charge in [-0.15, -0.1) is 0 Å². The van der Waals surface area contributed by atoms with Crippen molar-refractivity contribution >= 4 is 11.7 Å². The molecule has 0 bridgehead atoms. The second-order valence-corrected chi connectivity index (χ2v) is 7.07. The lowest BCUT2D eigenvalue weighted by Gasteiger charge is -2.36. The number of nitrogens with one attached hydrogen (secondary N) is 2. The van der Waals surface area contributed by atoms with E-state index >= 15 is 0 Å². The summed E-state index contributed by atoms with van der Waals surface area (Å²) in [7, 11) is 3.59. The van der Waals surface area contributed by atoms with Crippen molar-refractivity contribution in [3.63, 3.8) is 0 Å². The number of anilines is 1. The Bertz CT molecular complexity index is 750. The van der Waals surface area contributed by atoms with E-state index in [9.17, 15) is 4.79 Å². The van der Waals surface area contributed by atoms with Crippen molar-refractivity contribution in [2.45, 2.75) is 38.6 Å². The molecule has 0 radical (unpaired) electrons. The molecule has 3 unspecified atom stereocenters. The van der Waals surface area contributed by atoms with Crippen LogP contribution in [0, 0.1) is 0 Å². The molecule has 1 fully saturated rings. The molecule has 3 rings (SSSR count). The van der Waals surface area contributed by atoms with E-state index in [1.165, 1.54) is 0 Å². The number of likely N-dealkylation sites (N-methyl/N-ethyl adjacent to an activating group) is 1. The fourth-order valence-corrected chi connectivity index (χ4v) is 3.40. The molecular formula is C19H28N6O2. The van der Waals surface area contributed by atoms with Crippen LogP contribution >= 0.6 is 0 Å². The molecule has 1 aliphatic heterocycles. The van der Waals surface area contributed by atoms with Crippen LogP contribution in [0.15, 0.2) is 30.7 Å². The Morgan fingerprint density at radius 3 is 2.59 bits per heavy atom. The number of aromatic nitrogens is 3. The van der Waals surface area contributed by atoms with Crippen LogP contribution < -0.4 is 15.5 Å². The van der Waals surface area contributed by atoms with Crippen molar-refractivity contribution in [3.8, 4) is 0 Å². The van der Waals surface area contributed by atoms with Gasteiger partial charge in [0.15, 0.2) is 0 Å². The van der Waals surface area contributed by atoms with Gasteiger partial charge in [0.25, 0.3) is 0 Å². The quantitative estimate of drug-likeness (QED) is 0.787. The Kier molecular flexibility index (Phi) is 6.08. The van der Waals surface area contributed by atoms with Crippen LogP contribution in [0.25, 0.3) is 0 Å². The standard InChI is InChI=1S/C19H28N6O2/c1-13-10-25(11-14(2)27-13)17-6-5-15(7-21-17)8-22-19(26)18(20-3)16-9-23-24(4)12-16/h5-7,9,12-14,18,20H,8,10-11H2,1-4H3,(H,22,26). The van der Waals surface area contributed by atoms with Crippen LogP contribution in [-0.4, -0.2) is 53.0 Å². The molecule has 0 aliphatic carbocycles. The summed E-state index contributed by atoms with van der Waals surface area (Å²) in [6, 6.07) is 3.58. The topological polar surface area (TPSA) is 84.3 Å². The number of amides is 1. The molecule has 3 atom stereocenters. The van der Waals surface area contributed by atoms with Gasteiger partial charge in [0, 0.05) is 44.6 Å². The molecule has 2 N–H and O–H groups in total. The molecule has 146 valence electrons. The lowest BCUT2D eigenvalue weighted by atomic mass is 10.1. The van der Waals surface area contributed by atoms with E-state index in [2.05, 4.69) is 39.5 Å². The van der Waals surface area contributed by atoms with Crippen LogP contribution in [0.2, 0.25) is 0 Å². The number of aryl methyl sites for hydroxylation is 1. The predicted octanol–water partition coefficient (Wildman–Crippen LogP) is 1.01. The van der Waals surface area contributed by atoms with Crippen molar-refractivity contribution in [2.75, 3.05) is 25.0 Å². The molecule has 3 heterocycles. The number of carbonyl (C=O) groups excluding carboxylic acids is 1. The van der Waals surface area contributed by atoms with Gasteiger partial charge < -0.3 is 20.3 Å². The first-order chi connectivity index (χ1) is 13.0. The lowest BCUT2D eigenvalue weighted by Crippen LogP contribution is -2.45. The van der Waals surface area contributed by atoms with Gasteiger partial charge in [-0.1, -0.05) is 6.07 Å². The number of pyridine rings is 1. The highest BCUT2D eigenvalue weighted by atomic mass is 16.5. The van der Waals surface area contributed by atoms with Crippen molar-refractivity contribution in [1.82, 2.24) is 25.4 Å². The second kappa shape index (κ2) is 8.49. The van der Waals surface area contributed by atoms with Gasteiger partial charge in [-0.25, -0.2) is 4.98 Å². The fraction of sp³-hybridized carbons (Fsp3) is 0.526. The highest BCUT2D eigenvalue weighted by Crippen LogP contribution is 2.18. The number of hydrogen-bond acceptors (Lipinski definition) is 6. The fourth-order valence-electron chi connectivity index (χ4n) is 3.40. The SMILES string of the molecule is CNC(C(=O)NCc1ccc(N2CC(C)OC(C)C2)nc1)c1cnn(C)c1. The van der Waals surface area contributed by atoms with E-state index in [0.29, 0.717) is 6.54 Å². The number of morpholine rings is 1. The van der Waals surface area contributed by atoms with Gasteiger partial charge >= 0.3 is 0 Å². The Morgan fingerprint density at radius 2 is 2.04 bits per heavy atom. The molecule has 1 aliphatic rings. The van der Waals surface area contributed by atoms with Crippen molar-refractivity contribution in [1.29, 1.82) is 0 Å². The van der Waals surface area contributed by atoms with Gasteiger partial charge in [-0.3, -0.25) is 9.48 Å². The first-order valence-corrected chi connectivity index (χ1v) is 9.25. The van der Waals surface area contributed by atoms with E-state index in [4.69, 9.17) is 4.74 Å². The minimum Gasteiger partial charge on any atom is -0.372 e. The van der Waals surface area contributed by atoms with Crippen LogP contribution in [-0.2, 0) is 23.1 Å². The molecule has 2 aromatic rings. The second-order valence-electron chi connectivity index (χ2n) is 7.07. The first-order valence-electron chi connectivity index (χ1n) is 9.25. The zero-order valence-electron chi connectivity index (χ0n) is 16.3. The number of rotatable bonds is 6. The third-order valence-corrected chi connectivity index (χ3v) is 4.63. The van der Waals surface area contributed by atoms with Crippen LogP contribution in [0.3, 0.4) is 0 Å². The van der Waals surface area contributed by atoms with E-state index in [1.807, 2.05) is 31.6 Å². The maximum Gasteiger partial charge on any atom is 0.242 e. The number of ether oxygens (including phenoxy) is 1. The number of hydrogen-bond donors (Lipinski definition) is 2. The zero-order chi connectivity index (χ0) is 19.4. The molecule has 1 amide bonds. The third-order valence-electron chi connectivity index (χ3n) is 4.63. The summed E-state index contributed by atoms with van der Waals surface area (Å²) in [4.78, 5) is 19.3. The summed E-state index contributed by atoms with van der Waals surface area (Å²) >= 11 is 0. The minimum atomic E-state index is -0.428. The summed E-state index contributed by atoms with van der Waals surface area (Å²) in [6.45, 7) is 6.26. The largest absolute Gasteiger partial charge is 0.372 e. The first kappa shape index (κ1) is 19.3. The third kappa shape index (κ3) is 4.84. The Balaban J connectivity index is 1.57. The molecule has 0 aromatic carbocycles. The smallest absolute Gasteiger partial charge is 0.242 e. The maximum atomic E-state index is 12.5. The maximum absolute atomic E-state index is 12.5. The van der Waals surface area contributed by atoms with Crippen molar-refractivity contribution in [3.05, 3.63) is 41.9 Å². The van der Waals surface area contributed by atoms with Crippen LogP contribution in [0.4, 0.5) is 5.82 Å². The monoisotopic (exact) mass is 372 g/mol. The Hall–Kier alpha value is -2.45. The molecular weight excluding hydrogens is 344 g/mol.